The van der Waals surface area contributed by atoms with Gasteiger partial charge >= 0.3 is 6.18 Å². The SMILES string of the molecule is CC(CC(=O)NC(c1cnn2cc([C@@H](NC(=O)c3conc3C3CC3)C3CCC(F)(F)CC3)nc2c1)C1CC1)C(F)(F)F. The van der Waals surface area contributed by atoms with Gasteiger partial charge < -0.3 is 15.2 Å². The van der Waals surface area contributed by atoms with Crippen molar-refractivity contribution in [3.63, 3.8) is 0 Å². The molecule has 3 saturated carbocycles. The first-order valence-corrected chi connectivity index (χ1v) is 14.7. The maximum absolute atomic E-state index is 14.0. The van der Waals surface area contributed by atoms with Gasteiger partial charge in [-0.25, -0.2) is 18.3 Å². The van der Waals surface area contributed by atoms with Crippen LogP contribution in [0.4, 0.5) is 22.0 Å². The van der Waals surface area contributed by atoms with Gasteiger partial charge in [-0.2, -0.15) is 18.3 Å². The Morgan fingerprint density at radius 1 is 1.07 bits per heavy atom. The Hall–Kier alpha value is -3.58. The van der Waals surface area contributed by atoms with Crippen LogP contribution in [0.2, 0.25) is 0 Å². The van der Waals surface area contributed by atoms with Crippen LogP contribution in [0.3, 0.4) is 0 Å². The van der Waals surface area contributed by atoms with Gasteiger partial charge in [0.05, 0.1) is 41.8 Å². The Kier molecular flexibility index (Phi) is 7.66. The monoisotopic (exact) mass is 608 g/mol. The van der Waals surface area contributed by atoms with Crippen LogP contribution < -0.4 is 10.6 Å². The fraction of sp³-hybridized carbons (Fsp3) is 0.621. The van der Waals surface area contributed by atoms with E-state index in [1.54, 1.807) is 18.5 Å². The van der Waals surface area contributed by atoms with E-state index in [1.165, 1.54) is 10.8 Å². The van der Waals surface area contributed by atoms with Gasteiger partial charge in [-0.1, -0.05) is 12.1 Å². The van der Waals surface area contributed by atoms with Crippen LogP contribution in [0.1, 0.15) is 110 Å². The quantitative estimate of drug-likeness (QED) is 0.271. The predicted octanol–water partition coefficient (Wildman–Crippen LogP) is 6.05. The van der Waals surface area contributed by atoms with Crippen molar-refractivity contribution in [1.82, 2.24) is 30.4 Å². The smallest absolute Gasteiger partial charge is 0.364 e. The summed E-state index contributed by atoms with van der Waals surface area (Å²) in [6, 6.07) is 0.515. The Morgan fingerprint density at radius 2 is 1.77 bits per heavy atom. The van der Waals surface area contributed by atoms with Crippen LogP contribution in [0.15, 0.2) is 29.2 Å². The minimum absolute atomic E-state index is 0.0731. The van der Waals surface area contributed by atoms with Gasteiger partial charge in [-0.3, -0.25) is 9.59 Å². The predicted molar refractivity (Wildman–Crippen MR) is 142 cm³/mol. The molecule has 3 atom stereocenters. The lowest BCUT2D eigenvalue weighted by Crippen LogP contribution is -2.37. The van der Waals surface area contributed by atoms with E-state index >= 15 is 0 Å². The molecule has 0 saturated heterocycles. The third-order valence-corrected chi connectivity index (χ3v) is 8.82. The summed E-state index contributed by atoms with van der Waals surface area (Å²) in [5.41, 5.74) is 2.37. The highest BCUT2D eigenvalue weighted by Crippen LogP contribution is 2.44. The number of fused-ring (bicyclic) bond motifs is 1. The average molecular weight is 609 g/mol. The highest BCUT2D eigenvalue weighted by Gasteiger charge is 2.41. The number of nitrogens with one attached hydrogen (secondary N) is 2. The fourth-order valence-corrected chi connectivity index (χ4v) is 5.87. The Balaban J connectivity index is 1.25. The van der Waals surface area contributed by atoms with Gasteiger partial charge in [-0.15, -0.1) is 0 Å². The zero-order valence-corrected chi connectivity index (χ0v) is 23.5. The molecule has 0 aliphatic heterocycles. The molecule has 0 bridgehead atoms. The summed E-state index contributed by atoms with van der Waals surface area (Å²) in [7, 11) is 0. The summed E-state index contributed by atoms with van der Waals surface area (Å²) in [5, 5.41) is 14.2. The van der Waals surface area contributed by atoms with E-state index < -0.39 is 48.3 Å². The van der Waals surface area contributed by atoms with E-state index in [1.807, 2.05) is 0 Å². The minimum Gasteiger partial charge on any atom is -0.364 e. The van der Waals surface area contributed by atoms with Gasteiger partial charge in [0.15, 0.2) is 5.65 Å². The molecule has 232 valence electrons. The molecular weight excluding hydrogens is 575 g/mol. The number of hydrogen-bond donors (Lipinski definition) is 2. The van der Waals surface area contributed by atoms with Crippen molar-refractivity contribution in [2.75, 3.05) is 0 Å². The van der Waals surface area contributed by atoms with Crippen molar-refractivity contribution in [2.45, 2.75) is 94.8 Å². The molecule has 3 fully saturated rings. The maximum Gasteiger partial charge on any atom is 0.392 e. The summed E-state index contributed by atoms with van der Waals surface area (Å²) >= 11 is 0. The number of rotatable bonds is 10. The number of carbonyl (C=O) groups excluding carboxylic acids is 2. The maximum atomic E-state index is 14.0. The Bertz CT molecular complexity index is 1490. The number of imidazole rings is 1. The molecule has 3 aliphatic rings. The van der Waals surface area contributed by atoms with Gasteiger partial charge in [-0.05, 0) is 62.0 Å². The molecule has 3 heterocycles. The molecule has 0 radical (unpaired) electrons. The molecular formula is C29H33F5N6O3. The fourth-order valence-electron chi connectivity index (χ4n) is 5.87. The van der Waals surface area contributed by atoms with Crippen LogP contribution in [0.25, 0.3) is 5.65 Å². The molecule has 2 amide bonds. The number of nitrogens with zero attached hydrogens (tertiary/aromatic N) is 4. The minimum atomic E-state index is -4.47. The molecule has 3 aliphatic carbocycles. The van der Waals surface area contributed by atoms with Crippen LogP contribution in [0, 0.1) is 17.8 Å². The van der Waals surface area contributed by atoms with E-state index in [-0.39, 0.29) is 43.4 Å². The Morgan fingerprint density at radius 3 is 2.42 bits per heavy atom. The molecule has 9 nitrogen and oxygen atoms in total. The first kappa shape index (κ1) is 29.5. The molecule has 0 aromatic carbocycles. The second-order valence-electron chi connectivity index (χ2n) is 12.3. The number of halogens is 5. The van der Waals surface area contributed by atoms with Crippen molar-refractivity contribution in [3.8, 4) is 0 Å². The zero-order valence-electron chi connectivity index (χ0n) is 23.5. The summed E-state index contributed by atoms with van der Waals surface area (Å²) in [4.78, 5) is 30.6. The summed E-state index contributed by atoms with van der Waals surface area (Å²) < 4.78 is 73.6. The molecule has 14 heteroatoms. The molecule has 6 rings (SSSR count). The van der Waals surface area contributed by atoms with Crippen LogP contribution in [-0.2, 0) is 4.79 Å². The van der Waals surface area contributed by atoms with E-state index in [2.05, 4.69) is 20.9 Å². The Labute approximate surface area is 244 Å². The van der Waals surface area contributed by atoms with Crippen molar-refractivity contribution in [3.05, 3.63) is 47.2 Å². The van der Waals surface area contributed by atoms with Crippen molar-refractivity contribution >= 4 is 17.5 Å². The molecule has 0 spiro atoms. The third kappa shape index (κ3) is 6.67. The second kappa shape index (κ2) is 11.2. The first-order chi connectivity index (χ1) is 20.4. The van der Waals surface area contributed by atoms with Crippen molar-refractivity contribution in [2.24, 2.45) is 17.8 Å². The largest absolute Gasteiger partial charge is 0.392 e. The highest BCUT2D eigenvalue weighted by atomic mass is 19.4. The van der Waals surface area contributed by atoms with Crippen molar-refractivity contribution < 1.29 is 36.1 Å². The molecule has 3 aromatic rings. The van der Waals surface area contributed by atoms with E-state index in [9.17, 15) is 31.5 Å². The van der Waals surface area contributed by atoms with Gasteiger partial charge in [0.1, 0.15) is 11.8 Å². The molecule has 2 unspecified atom stereocenters. The van der Waals surface area contributed by atoms with Gasteiger partial charge in [0.25, 0.3) is 5.91 Å². The second-order valence-corrected chi connectivity index (χ2v) is 12.3. The summed E-state index contributed by atoms with van der Waals surface area (Å²) in [5.74, 6) is -5.69. The van der Waals surface area contributed by atoms with E-state index in [4.69, 9.17) is 9.51 Å². The summed E-state index contributed by atoms with van der Waals surface area (Å²) in [6.45, 7) is 0.976. The highest BCUT2D eigenvalue weighted by molar-refractivity contribution is 5.95. The number of carbonyl (C=O) groups is 2. The first-order valence-electron chi connectivity index (χ1n) is 14.7. The molecule has 43 heavy (non-hydrogen) atoms. The lowest BCUT2D eigenvalue weighted by atomic mass is 9.81. The number of hydrogen-bond acceptors (Lipinski definition) is 6. The van der Waals surface area contributed by atoms with Crippen LogP contribution in [-0.4, -0.2) is 43.7 Å². The third-order valence-electron chi connectivity index (χ3n) is 8.82. The number of amides is 2. The molecule has 2 N–H and O–H groups in total. The lowest BCUT2D eigenvalue weighted by Gasteiger charge is -2.33. The van der Waals surface area contributed by atoms with E-state index in [0.717, 1.165) is 32.6 Å². The van der Waals surface area contributed by atoms with Crippen molar-refractivity contribution in [1.29, 1.82) is 0 Å². The summed E-state index contributed by atoms with van der Waals surface area (Å²) in [6.07, 6.45) is 2.60. The van der Waals surface area contributed by atoms with E-state index in [0.29, 0.717) is 28.2 Å². The normalized spacial score (nSPS) is 21.3. The topological polar surface area (TPSA) is 114 Å². The standard InChI is InChI=1S/C29H33F5N6O3/c1-15(29(32,33)34)10-23(41)37-24(16-2-3-16)19-11-22-36-21(13-40(22)35-12-19)26(18-6-8-28(30,31)9-7-18)38-27(42)20-14-43-39-25(20)17-4-5-17/h11-18,24,26H,2-10H2,1H3,(H,37,41)(H,38,42)/t15?,24?,26-/m0/s1. The number of alkyl halides is 5. The zero-order chi connectivity index (χ0) is 30.5. The lowest BCUT2D eigenvalue weighted by molar-refractivity contribution is -0.174. The number of aromatic nitrogens is 4. The van der Waals surface area contributed by atoms with Gasteiger partial charge in [0, 0.05) is 25.2 Å². The van der Waals surface area contributed by atoms with Crippen LogP contribution in [0.5, 0.6) is 0 Å². The average Bonchev–Trinajstić information content (AvgIpc) is 3.88. The van der Waals surface area contributed by atoms with Crippen LogP contribution >= 0.6 is 0 Å². The van der Waals surface area contributed by atoms with Gasteiger partial charge in [0.2, 0.25) is 11.8 Å². The molecule has 3 aromatic heterocycles.